The zero-order chi connectivity index (χ0) is 17.2. The lowest BCUT2D eigenvalue weighted by Gasteiger charge is -2.16. The number of amides is 1. The number of benzene rings is 2. The summed E-state index contributed by atoms with van der Waals surface area (Å²) in [7, 11) is 1.93. The van der Waals surface area contributed by atoms with Gasteiger partial charge in [-0.05, 0) is 37.2 Å². The van der Waals surface area contributed by atoms with Crippen LogP contribution in [0.1, 0.15) is 12.0 Å². The summed E-state index contributed by atoms with van der Waals surface area (Å²) < 4.78 is 5.64. The third-order valence-corrected chi connectivity index (χ3v) is 3.73. The summed E-state index contributed by atoms with van der Waals surface area (Å²) in [6.45, 7) is 2.32. The second-order valence-electron chi connectivity index (χ2n) is 5.66. The highest BCUT2D eigenvalue weighted by Gasteiger charge is 2.06. The lowest BCUT2D eigenvalue weighted by atomic mass is 10.2. The average molecular weight is 347 g/mol. The zero-order valence-corrected chi connectivity index (χ0v) is 14.6. The van der Waals surface area contributed by atoms with Gasteiger partial charge in [0.05, 0.1) is 13.2 Å². The van der Waals surface area contributed by atoms with Crippen LogP contribution >= 0.6 is 11.6 Å². The number of carbonyl (C=O) groups excluding carboxylic acids is 1. The first-order valence-corrected chi connectivity index (χ1v) is 8.39. The van der Waals surface area contributed by atoms with Crippen LogP contribution in [0.3, 0.4) is 0 Å². The minimum Gasteiger partial charge on any atom is -0.493 e. The van der Waals surface area contributed by atoms with Gasteiger partial charge in [-0.1, -0.05) is 48.0 Å². The molecule has 0 bridgehead atoms. The Balaban J connectivity index is 1.58. The Labute approximate surface area is 148 Å². The highest BCUT2D eigenvalue weighted by atomic mass is 35.5. The van der Waals surface area contributed by atoms with Crippen LogP contribution in [0.15, 0.2) is 54.6 Å². The van der Waals surface area contributed by atoms with Gasteiger partial charge >= 0.3 is 0 Å². The third kappa shape index (κ3) is 7.02. The van der Waals surface area contributed by atoms with Crippen molar-refractivity contribution in [3.05, 3.63) is 65.2 Å². The molecule has 1 amide bonds. The van der Waals surface area contributed by atoms with Crippen molar-refractivity contribution in [3.8, 4) is 5.75 Å². The van der Waals surface area contributed by atoms with E-state index in [9.17, 15) is 4.79 Å². The maximum absolute atomic E-state index is 11.9. The van der Waals surface area contributed by atoms with Crippen LogP contribution in [0.5, 0.6) is 5.75 Å². The van der Waals surface area contributed by atoms with Crippen molar-refractivity contribution in [3.63, 3.8) is 0 Å². The first-order valence-electron chi connectivity index (χ1n) is 8.01. The normalized spacial score (nSPS) is 10.6. The summed E-state index contributed by atoms with van der Waals surface area (Å²) in [5.41, 5.74) is 1.10. The number of nitrogens with one attached hydrogen (secondary N) is 1. The van der Waals surface area contributed by atoms with Gasteiger partial charge in [0.2, 0.25) is 5.91 Å². The van der Waals surface area contributed by atoms with Gasteiger partial charge in [-0.15, -0.1) is 0 Å². The largest absolute Gasteiger partial charge is 0.493 e. The molecular weight excluding hydrogens is 324 g/mol. The van der Waals surface area contributed by atoms with Crippen molar-refractivity contribution in [1.82, 2.24) is 10.2 Å². The van der Waals surface area contributed by atoms with E-state index in [-0.39, 0.29) is 5.91 Å². The molecule has 0 unspecified atom stereocenters. The SMILES string of the molecule is CN(CCCOc1cccc(Cl)c1)CC(=O)NCc1ccccc1. The van der Waals surface area contributed by atoms with Crippen LogP contribution in [0.2, 0.25) is 5.02 Å². The first kappa shape index (κ1) is 18.3. The second kappa shape index (κ2) is 9.96. The minimum atomic E-state index is 0.0251. The number of carbonyl (C=O) groups is 1. The molecule has 2 rings (SSSR count). The Hall–Kier alpha value is -2.04. The van der Waals surface area contributed by atoms with Crippen LogP contribution in [0.25, 0.3) is 0 Å². The molecule has 0 spiro atoms. The molecule has 0 heterocycles. The van der Waals surface area contributed by atoms with Crippen molar-refractivity contribution in [2.45, 2.75) is 13.0 Å². The van der Waals surface area contributed by atoms with Crippen LogP contribution in [0.4, 0.5) is 0 Å². The first-order chi connectivity index (χ1) is 11.6. The summed E-state index contributed by atoms with van der Waals surface area (Å²) in [6, 6.07) is 17.2. The van der Waals surface area contributed by atoms with E-state index in [1.54, 1.807) is 6.07 Å². The van der Waals surface area contributed by atoms with E-state index in [0.29, 0.717) is 24.7 Å². The van der Waals surface area contributed by atoms with E-state index in [2.05, 4.69) is 5.32 Å². The van der Waals surface area contributed by atoms with E-state index in [1.807, 2.05) is 60.5 Å². The summed E-state index contributed by atoms with van der Waals surface area (Å²) in [4.78, 5) is 13.9. The van der Waals surface area contributed by atoms with Crippen molar-refractivity contribution in [2.24, 2.45) is 0 Å². The zero-order valence-electron chi connectivity index (χ0n) is 13.9. The molecule has 128 valence electrons. The fourth-order valence-electron chi connectivity index (χ4n) is 2.26. The molecule has 2 aromatic rings. The molecule has 0 saturated carbocycles. The number of rotatable bonds is 9. The van der Waals surface area contributed by atoms with Gasteiger partial charge in [0.1, 0.15) is 5.75 Å². The highest BCUT2D eigenvalue weighted by Crippen LogP contribution is 2.17. The smallest absolute Gasteiger partial charge is 0.234 e. The summed E-state index contributed by atoms with van der Waals surface area (Å²) in [6.07, 6.45) is 0.842. The van der Waals surface area contributed by atoms with Gasteiger partial charge < -0.3 is 10.1 Å². The molecule has 2 aromatic carbocycles. The maximum Gasteiger partial charge on any atom is 0.234 e. The second-order valence-corrected chi connectivity index (χ2v) is 6.10. The van der Waals surface area contributed by atoms with E-state index in [1.165, 1.54) is 0 Å². The maximum atomic E-state index is 11.9. The quantitative estimate of drug-likeness (QED) is 0.708. The minimum absolute atomic E-state index is 0.0251. The molecular formula is C19H23ClN2O2. The van der Waals surface area contributed by atoms with E-state index < -0.39 is 0 Å². The lowest BCUT2D eigenvalue weighted by Crippen LogP contribution is -2.35. The summed E-state index contributed by atoms with van der Waals surface area (Å²) >= 11 is 5.91. The monoisotopic (exact) mass is 346 g/mol. The Kier molecular flexibility index (Phi) is 7.59. The Morgan fingerprint density at radius 2 is 1.96 bits per heavy atom. The molecule has 5 heteroatoms. The Bertz CT molecular complexity index is 634. The van der Waals surface area contributed by atoms with Crippen LogP contribution in [0, 0.1) is 0 Å². The van der Waals surface area contributed by atoms with Gasteiger partial charge in [0.25, 0.3) is 0 Å². The van der Waals surface area contributed by atoms with Crippen molar-refractivity contribution >= 4 is 17.5 Å². The molecule has 0 aliphatic rings. The number of hydrogen-bond acceptors (Lipinski definition) is 3. The topological polar surface area (TPSA) is 41.6 Å². The molecule has 0 fully saturated rings. The Morgan fingerprint density at radius 3 is 2.71 bits per heavy atom. The Morgan fingerprint density at radius 1 is 1.17 bits per heavy atom. The summed E-state index contributed by atoms with van der Waals surface area (Å²) in [5.74, 6) is 0.794. The summed E-state index contributed by atoms with van der Waals surface area (Å²) in [5, 5.41) is 3.59. The molecule has 4 nitrogen and oxygen atoms in total. The molecule has 0 aromatic heterocycles. The van der Waals surface area contributed by atoms with Crippen molar-refractivity contribution in [2.75, 3.05) is 26.7 Å². The molecule has 0 aliphatic carbocycles. The van der Waals surface area contributed by atoms with Crippen molar-refractivity contribution < 1.29 is 9.53 Å². The van der Waals surface area contributed by atoms with Gasteiger partial charge in [-0.25, -0.2) is 0 Å². The predicted octanol–water partition coefficient (Wildman–Crippen LogP) is 3.36. The van der Waals surface area contributed by atoms with Gasteiger partial charge in [0.15, 0.2) is 0 Å². The van der Waals surface area contributed by atoms with E-state index in [4.69, 9.17) is 16.3 Å². The number of likely N-dealkylation sites (N-methyl/N-ethyl adjacent to an activating group) is 1. The van der Waals surface area contributed by atoms with Crippen LogP contribution < -0.4 is 10.1 Å². The number of hydrogen-bond donors (Lipinski definition) is 1. The number of halogens is 1. The molecule has 0 aliphatic heterocycles. The van der Waals surface area contributed by atoms with Gasteiger partial charge in [-0.2, -0.15) is 0 Å². The molecule has 0 atom stereocenters. The standard InChI is InChI=1S/C19H23ClN2O2/c1-22(11-6-12-24-18-10-5-9-17(20)13-18)15-19(23)21-14-16-7-3-2-4-8-16/h2-5,7-10,13H,6,11-12,14-15H2,1H3,(H,21,23). The molecule has 0 radical (unpaired) electrons. The van der Waals surface area contributed by atoms with Gasteiger partial charge in [0, 0.05) is 18.1 Å². The average Bonchev–Trinajstić information content (AvgIpc) is 2.58. The number of nitrogens with zero attached hydrogens (tertiary/aromatic N) is 1. The van der Waals surface area contributed by atoms with Gasteiger partial charge in [-0.3, -0.25) is 9.69 Å². The lowest BCUT2D eigenvalue weighted by molar-refractivity contribution is -0.122. The number of ether oxygens (including phenoxy) is 1. The fourth-order valence-corrected chi connectivity index (χ4v) is 2.44. The predicted molar refractivity (Wildman–Crippen MR) is 97.3 cm³/mol. The molecule has 1 N–H and O–H groups in total. The van der Waals surface area contributed by atoms with Crippen LogP contribution in [-0.4, -0.2) is 37.6 Å². The molecule has 0 saturated heterocycles. The fraction of sp³-hybridized carbons (Fsp3) is 0.316. The van der Waals surface area contributed by atoms with Crippen molar-refractivity contribution in [1.29, 1.82) is 0 Å². The van der Waals surface area contributed by atoms with E-state index >= 15 is 0 Å². The van der Waals surface area contributed by atoms with E-state index in [0.717, 1.165) is 24.3 Å². The molecule has 24 heavy (non-hydrogen) atoms. The highest BCUT2D eigenvalue weighted by molar-refractivity contribution is 6.30. The third-order valence-electron chi connectivity index (χ3n) is 3.50. The van der Waals surface area contributed by atoms with Crippen LogP contribution in [-0.2, 0) is 11.3 Å².